The third kappa shape index (κ3) is 44.5. The largest absolute Gasteiger partial charge is 2.00 e. The van der Waals surface area contributed by atoms with E-state index in [-0.39, 0.29) is 107 Å². The van der Waals surface area contributed by atoms with E-state index in [4.69, 9.17) is 15.1 Å². The van der Waals surface area contributed by atoms with Gasteiger partial charge in [0.2, 0.25) is 0 Å². The second-order valence-corrected chi connectivity index (χ2v) is 0.346. The number of rotatable bonds is 0. The average Bonchev–Trinajstić information content (AvgIpc) is 0.811. The predicted molar refractivity (Wildman–Crippen MR) is 20.4 cm³/mol. The van der Waals surface area contributed by atoms with Gasteiger partial charge < -0.3 is 17.9 Å². The van der Waals surface area contributed by atoms with E-state index in [0.29, 0.717) is 0 Å². The summed E-state index contributed by atoms with van der Waals surface area (Å²) in [5.74, 6) is 0. The molecule has 3 nitrogen and oxygen atoms in total. The van der Waals surface area contributed by atoms with Gasteiger partial charge in [0.05, 0.1) is 0 Å². The first kappa shape index (κ1) is 22.4. The van der Waals surface area contributed by atoms with Gasteiger partial charge in [0.25, 0.3) is 0 Å². The first-order valence-corrected chi connectivity index (χ1v) is 0.775. The molecule has 0 aromatic rings. The summed E-state index contributed by atoms with van der Waals surface area (Å²) < 4.78 is 0. The molecule has 0 amide bonds. The van der Waals surface area contributed by atoms with Crippen LogP contribution in [-0.4, -0.2) is 67.9 Å². The van der Waals surface area contributed by atoms with E-state index in [1.165, 1.54) is 0 Å². The molecule has 3 N–H and O–H groups in total. The van der Waals surface area contributed by atoms with E-state index < -0.39 is 7.32 Å². The SMILES string of the molecule is OB(O)O.[H-].[H-].[Sc].[Sr+2].[Y]. The minimum absolute atomic E-state index is 0. The molecule has 7 heteroatoms. The summed E-state index contributed by atoms with van der Waals surface area (Å²) in [6.07, 6.45) is 0. The molecule has 0 bridgehead atoms. The van der Waals surface area contributed by atoms with Crippen LogP contribution >= 0.6 is 0 Å². The molecule has 0 aliphatic carbocycles. The maximum Gasteiger partial charge on any atom is 2.00 e. The van der Waals surface area contributed by atoms with Gasteiger partial charge in [-0.2, -0.15) is 0 Å². The zero-order chi connectivity index (χ0) is 3.58. The van der Waals surface area contributed by atoms with Crippen LogP contribution in [0.1, 0.15) is 2.85 Å². The molecule has 0 saturated heterocycles. The first-order chi connectivity index (χ1) is 1.73. The van der Waals surface area contributed by atoms with Crippen molar-refractivity contribution in [3.05, 3.63) is 0 Å². The van der Waals surface area contributed by atoms with Crippen molar-refractivity contribution in [3.63, 3.8) is 0 Å². The topological polar surface area (TPSA) is 60.7 Å². The van der Waals surface area contributed by atoms with E-state index in [9.17, 15) is 0 Å². The Hall–Kier alpha value is 3.40. The molecule has 0 aliphatic heterocycles. The quantitative estimate of drug-likeness (QED) is 0.442. The molecule has 0 aromatic carbocycles. The molecule has 0 spiro atoms. The summed E-state index contributed by atoms with van der Waals surface area (Å²) in [5.41, 5.74) is 0. The monoisotopic (exact) mass is 286 g/mol. The van der Waals surface area contributed by atoms with Crippen molar-refractivity contribution in [1.82, 2.24) is 0 Å². The van der Waals surface area contributed by atoms with Crippen molar-refractivity contribution in [2.45, 2.75) is 0 Å². The summed E-state index contributed by atoms with van der Waals surface area (Å²) in [4.78, 5) is 0. The van der Waals surface area contributed by atoms with E-state index in [2.05, 4.69) is 0 Å². The standard InChI is InChI=1S/BH3O3.Sc.Sr.Y.2H/c2-1(3)4;;;;;/h2-4H;;;;;/q;;+2;;2*-1. The van der Waals surface area contributed by atoms with Crippen LogP contribution in [0.2, 0.25) is 0 Å². The van der Waals surface area contributed by atoms with Crippen LogP contribution in [0.5, 0.6) is 0 Å². The minimum Gasteiger partial charge on any atom is -1.00 e. The zero-order valence-electron chi connectivity index (χ0n) is 5.78. The molecule has 0 fully saturated rings. The Morgan fingerprint density at radius 2 is 1.14 bits per heavy atom. The van der Waals surface area contributed by atoms with Crippen LogP contribution in [0.15, 0.2) is 0 Å². The van der Waals surface area contributed by atoms with Gasteiger partial charge in [0.15, 0.2) is 0 Å². The molecular weight excluding hydrogens is 280 g/mol. The average molecular weight is 285 g/mol. The molecule has 0 unspecified atom stereocenters. The normalized spacial score (nSPS) is 3.86. The Morgan fingerprint density at radius 1 is 1.14 bits per heavy atom. The van der Waals surface area contributed by atoms with Crippen molar-refractivity contribution in [2.75, 3.05) is 0 Å². The Labute approximate surface area is 126 Å². The maximum absolute atomic E-state index is 7.17. The molecular formula is H5BO3ScSrY. The van der Waals surface area contributed by atoms with Gasteiger partial charge in [-0.15, -0.1) is 0 Å². The van der Waals surface area contributed by atoms with Crippen molar-refractivity contribution in [3.8, 4) is 0 Å². The minimum atomic E-state index is -2.17. The third-order valence-corrected chi connectivity index (χ3v) is 0. The summed E-state index contributed by atoms with van der Waals surface area (Å²) >= 11 is 0. The van der Waals surface area contributed by atoms with Crippen LogP contribution < -0.4 is 0 Å². The van der Waals surface area contributed by atoms with E-state index >= 15 is 0 Å². The second-order valence-electron chi connectivity index (χ2n) is 0.346. The first-order valence-electron chi connectivity index (χ1n) is 0.775. The van der Waals surface area contributed by atoms with Crippen molar-refractivity contribution >= 4 is 52.8 Å². The predicted octanol–water partition coefficient (Wildman–Crippen LogP) is -2.21. The zero-order valence-corrected chi connectivity index (χ0v) is 11.9. The second kappa shape index (κ2) is 16.2. The summed E-state index contributed by atoms with van der Waals surface area (Å²) in [6, 6.07) is 0. The summed E-state index contributed by atoms with van der Waals surface area (Å²) in [5, 5.41) is 21.5. The van der Waals surface area contributed by atoms with Gasteiger partial charge in [0, 0.05) is 58.6 Å². The summed E-state index contributed by atoms with van der Waals surface area (Å²) in [7, 11) is -2.17. The molecule has 34 valence electrons. The fourth-order valence-corrected chi connectivity index (χ4v) is 0. The molecule has 0 atom stereocenters. The Bertz CT molecular complexity index is 26.5. The molecule has 0 aromatic heterocycles. The summed E-state index contributed by atoms with van der Waals surface area (Å²) in [6.45, 7) is 0. The van der Waals surface area contributed by atoms with E-state index in [1.807, 2.05) is 0 Å². The molecule has 0 saturated carbocycles. The van der Waals surface area contributed by atoms with Crippen molar-refractivity contribution < 1.29 is 76.5 Å². The van der Waals surface area contributed by atoms with Crippen LogP contribution in [0.3, 0.4) is 0 Å². The van der Waals surface area contributed by atoms with Crippen LogP contribution in [0.25, 0.3) is 0 Å². The van der Waals surface area contributed by atoms with Crippen LogP contribution in [0.4, 0.5) is 0 Å². The molecule has 0 rings (SSSR count). The third-order valence-electron chi connectivity index (χ3n) is 0. The molecule has 0 aliphatic rings. The molecule has 2 radical (unpaired) electrons. The van der Waals surface area contributed by atoms with Crippen LogP contribution in [-0.2, 0) is 58.6 Å². The fraction of sp³-hybridized carbons (Fsp3) is 0. The smallest absolute Gasteiger partial charge is 1.00 e. The van der Waals surface area contributed by atoms with Gasteiger partial charge >= 0.3 is 52.8 Å². The Morgan fingerprint density at radius 3 is 1.14 bits per heavy atom. The van der Waals surface area contributed by atoms with Gasteiger partial charge in [-0.25, -0.2) is 0 Å². The number of hydrogen-bond acceptors (Lipinski definition) is 3. The Balaban J connectivity index is -0.00000000450. The van der Waals surface area contributed by atoms with E-state index in [0.717, 1.165) is 0 Å². The van der Waals surface area contributed by atoms with Gasteiger partial charge in [0.1, 0.15) is 0 Å². The van der Waals surface area contributed by atoms with Gasteiger partial charge in [-0.3, -0.25) is 0 Å². The Kier molecular flexibility index (Phi) is 51.9. The fourth-order valence-electron chi connectivity index (χ4n) is 0. The van der Waals surface area contributed by atoms with Gasteiger partial charge in [-0.05, 0) is 0 Å². The van der Waals surface area contributed by atoms with Crippen molar-refractivity contribution in [2.24, 2.45) is 0 Å². The number of hydrogen-bond donors (Lipinski definition) is 3. The van der Waals surface area contributed by atoms with Gasteiger partial charge in [-0.1, -0.05) is 0 Å². The van der Waals surface area contributed by atoms with Crippen LogP contribution in [0, 0.1) is 0 Å². The molecule has 0 heterocycles. The van der Waals surface area contributed by atoms with E-state index in [1.54, 1.807) is 0 Å². The maximum atomic E-state index is 7.17. The van der Waals surface area contributed by atoms with Crippen molar-refractivity contribution in [1.29, 1.82) is 0 Å². The molecule has 7 heavy (non-hydrogen) atoms.